The van der Waals surface area contributed by atoms with Crippen LogP contribution in [-0.2, 0) is 17.8 Å². The minimum atomic E-state index is -0.533. The summed E-state index contributed by atoms with van der Waals surface area (Å²) in [6, 6.07) is 13.4. The number of carbonyl (C=O) groups is 2. The molecule has 1 fully saturated rings. The number of amides is 2. The molecule has 4 heterocycles. The summed E-state index contributed by atoms with van der Waals surface area (Å²) in [6.45, 7) is 9.28. The second-order valence-electron chi connectivity index (χ2n) is 10.7. The summed E-state index contributed by atoms with van der Waals surface area (Å²) in [7, 11) is 1.66. The molecule has 0 unspecified atom stereocenters. The van der Waals surface area contributed by atoms with Crippen molar-refractivity contribution in [3.63, 3.8) is 0 Å². The number of pyridine rings is 2. The van der Waals surface area contributed by atoms with Gasteiger partial charge in [0, 0.05) is 45.5 Å². The molecule has 0 radical (unpaired) electrons. The van der Waals surface area contributed by atoms with Crippen molar-refractivity contribution in [3.8, 4) is 5.75 Å². The van der Waals surface area contributed by atoms with Crippen LogP contribution >= 0.6 is 0 Å². The minimum Gasteiger partial charge on any atom is -0.497 e. The van der Waals surface area contributed by atoms with Crippen LogP contribution in [0, 0.1) is 0 Å². The number of methoxy groups -OCH3 is 1. The van der Waals surface area contributed by atoms with Gasteiger partial charge in [-0.2, -0.15) is 0 Å². The molecule has 0 atom stereocenters. The number of benzene rings is 1. The van der Waals surface area contributed by atoms with Gasteiger partial charge in [-0.15, -0.1) is 0 Å². The van der Waals surface area contributed by atoms with Crippen molar-refractivity contribution in [3.05, 3.63) is 71.7 Å². The Labute approximate surface area is 228 Å². The fourth-order valence-corrected chi connectivity index (χ4v) is 4.79. The zero-order chi connectivity index (χ0) is 27.6. The molecule has 2 aliphatic rings. The molecule has 0 aliphatic carbocycles. The zero-order valence-corrected chi connectivity index (χ0v) is 22.8. The molecule has 10 heteroatoms. The maximum absolute atomic E-state index is 13.3. The fourth-order valence-electron chi connectivity index (χ4n) is 4.79. The SMILES string of the molecule is COc1ccc2c(c1)CN(c1cccc(C(=O)Nc3cnccc3N3CCN(C(=O)OC(C)(C)C)CC3)n1)C2. The number of anilines is 3. The topological polar surface area (TPSA) is 100 Å². The molecule has 204 valence electrons. The Hall–Kier alpha value is -4.34. The van der Waals surface area contributed by atoms with Gasteiger partial charge in [-0.05, 0) is 62.2 Å². The summed E-state index contributed by atoms with van der Waals surface area (Å²) in [6.07, 6.45) is 3.03. The third-order valence-corrected chi connectivity index (χ3v) is 6.75. The van der Waals surface area contributed by atoms with Gasteiger partial charge in [-0.3, -0.25) is 9.78 Å². The summed E-state index contributed by atoms with van der Waals surface area (Å²) in [4.78, 5) is 40.6. The highest BCUT2D eigenvalue weighted by molar-refractivity contribution is 6.04. The quantitative estimate of drug-likeness (QED) is 0.521. The van der Waals surface area contributed by atoms with Crippen LogP contribution in [-0.4, -0.2) is 65.8 Å². The van der Waals surface area contributed by atoms with Gasteiger partial charge >= 0.3 is 6.09 Å². The molecule has 2 amide bonds. The molecule has 2 aliphatic heterocycles. The van der Waals surface area contributed by atoms with Gasteiger partial charge in [-0.25, -0.2) is 9.78 Å². The van der Waals surface area contributed by atoms with E-state index in [2.05, 4.69) is 31.2 Å². The van der Waals surface area contributed by atoms with E-state index >= 15 is 0 Å². The van der Waals surface area contributed by atoms with E-state index in [-0.39, 0.29) is 12.0 Å². The number of nitrogens with one attached hydrogen (secondary N) is 1. The molecular formula is C29H34N6O4. The van der Waals surface area contributed by atoms with E-state index in [1.54, 1.807) is 30.5 Å². The number of ether oxygens (including phenoxy) is 2. The zero-order valence-electron chi connectivity index (χ0n) is 22.8. The first-order chi connectivity index (χ1) is 18.7. The number of fused-ring (bicyclic) bond motifs is 1. The van der Waals surface area contributed by atoms with E-state index in [9.17, 15) is 9.59 Å². The maximum Gasteiger partial charge on any atom is 0.410 e. The molecule has 5 rings (SSSR count). The Morgan fingerprint density at radius 3 is 2.46 bits per heavy atom. The van der Waals surface area contributed by atoms with Crippen molar-refractivity contribution < 1.29 is 19.1 Å². The molecule has 1 aromatic carbocycles. The lowest BCUT2D eigenvalue weighted by Crippen LogP contribution is -2.50. The number of aromatic nitrogens is 2. The predicted octanol–water partition coefficient (Wildman–Crippen LogP) is 4.31. The first-order valence-electron chi connectivity index (χ1n) is 13.1. The lowest BCUT2D eigenvalue weighted by atomic mass is 10.1. The Balaban J connectivity index is 1.25. The molecule has 10 nitrogen and oxygen atoms in total. The molecule has 1 saturated heterocycles. The Morgan fingerprint density at radius 1 is 0.949 bits per heavy atom. The second-order valence-corrected chi connectivity index (χ2v) is 10.7. The molecule has 39 heavy (non-hydrogen) atoms. The monoisotopic (exact) mass is 530 g/mol. The molecule has 3 aromatic rings. The summed E-state index contributed by atoms with van der Waals surface area (Å²) in [5.41, 5.74) is 3.65. The van der Waals surface area contributed by atoms with Crippen LogP contribution in [0.1, 0.15) is 42.4 Å². The van der Waals surface area contributed by atoms with E-state index in [4.69, 9.17) is 9.47 Å². The molecule has 0 saturated carbocycles. The van der Waals surface area contributed by atoms with Crippen LogP contribution in [0.3, 0.4) is 0 Å². The third kappa shape index (κ3) is 6.05. The van der Waals surface area contributed by atoms with Crippen LogP contribution in [0.25, 0.3) is 0 Å². The highest BCUT2D eigenvalue weighted by Gasteiger charge is 2.27. The largest absolute Gasteiger partial charge is 0.497 e. The molecule has 0 spiro atoms. The van der Waals surface area contributed by atoms with Gasteiger partial charge in [0.25, 0.3) is 5.91 Å². The van der Waals surface area contributed by atoms with Gasteiger partial charge < -0.3 is 29.5 Å². The summed E-state index contributed by atoms with van der Waals surface area (Å²) < 4.78 is 10.9. The average Bonchev–Trinajstić information content (AvgIpc) is 3.36. The molecule has 1 N–H and O–H groups in total. The molecular weight excluding hydrogens is 496 g/mol. The smallest absolute Gasteiger partial charge is 0.410 e. The lowest BCUT2D eigenvalue weighted by molar-refractivity contribution is 0.0240. The highest BCUT2D eigenvalue weighted by atomic mass is 16.6. The second kappa shape index (κ2) is 10.8. The number of hydrogen-bond donors (Lipinski definition) is 1. The predicted molar refractivity (Wildman–Crippen MR) is 149 cm³/mol. The van der Waals surface area contributed by atoms with Crippen LogP contribution in [0.5, 0.6) is 5.75 Å². The van der Waals surface area contributed by atoms with Gasteiger partial charge in [-0.1, -0.05) is 12.1 Å². The first-order valence-corrected chi connectivity index (χ1v) is 13.1. The van der Waals surface area contributed by atoms with Gasteiger partial charge in [0.1, 0.15) is 22.9 Å². The van der Waals surface area contributed by atoms with E-state index in [1.165, 1.54) is 11.1 Å². The third-order valence-electron chi connectivity index (χ3n) is 6.75. The van der Waals surface area contributed by atoms with Gasteiger partial charge in [0.05, 0.1) is 24.7 Å². The fraction of sp³-hybridized carbons (Fsp3) is 0.379. The maximum atomic E-state index is 13.3. The van der Waals surface area contributed by atoms with Crippen molar-refractivity contribution in [1.82, 2.24) is 14.9 Å². The molecule has 0 bridgehead atoms. The Morgan fingerprint density at radius 2 is 1.72 bits per heavy atom. The number of rotatable bonds is 5. The van der Waals surface area contributed by atoms with Crippen molar-refractivity contribution in [2.75, 3.05) is 48.4 Å². The van der Waals surface area contributed by atoms with Gasteiger partial charge in [0.2, 0.25) is 0 Å². The molecule has 2 aromatic heterocycles. The number of nitrogens with zero attached hydrogens (tertiary/aromatic N) is 5. The van der Waals surface area contributed by atoms with Crippen molar-refractivity contribution in [2.24, 2.45) is 0 Å². The summed E-state index contributed by atoms with van der Waals surface area (Å²) in [5.74, 6) is 1.26. The van der Waals surface area contributed by atoms with Crippen LogP contribution in [0.15, 0.2) is 54.9 Å². The number of piperazine rings is 1. The van der Waals surface area contributed by atoms with Crippen molar-refractivity contribution in [2.45, 2.75) is 39.5 Å². The average molecular weight is 531 g/mol. The summed E-state index contributed by atoms with van der Waals surface area (Å²) >= 11 is 0. The van der Waals surface area contributed by atoms with Crippen LogP contribution < -0.4 is 19.9 Å². The van der Waals surface area contributed by atoms with Crippen LogP contribution in [0.2, 0.25) is 0 Å². The lowest BCUT2D eigenvalue weighted by Gasteiger charge is -2.37. The standard InChI is InChI=1S/C29H34N6O4/c1-29(2,3)39-28(37)34-14-12-33(13-15-34)25-10-11-30-17-24(25)32-27(36)23-6-5-7-26(31-23)35-18-20-8-9-22(38-4)16-21(20)19-35/h5-11,16-17H,12-15,18-19H2,1-4H3,(H,32,36). The van der Waals surface area contributed by atoms with E-state index in [0.29, 0.717) is 44.1 Å². The highest BCUT2D eigenvalue weighted by Crippen LogP contribution is 2.30. The van der Waals surface area contributed by atoms with Crippen LogP contribution in [0.4, 0.5) is 22.0 Å². The number of hydrogen-bond acceptors (Lipinski definition) is 8. The van der Waals surface area contributed by atoms with E-state index in [0.717, 1.165) is 23.8 Å². The van der Waals surface area contributed by atoms with Crippen molar-refractivity contribution in [1.29, 1.82) is 0 Å². The first kappa shape index (κ1) is 26.3. The van der Waals surface area contributed by atoms with E-state index in [1.807, 2.05) is 51.1 Å². The minimum absolute atomic E-state index is 0.308. The Bertz CT molecular complexity index is 1360. The Kier molecular flexibility index (Phi) is 7.28. The van der Waals surface area contributed by atoms with E-state index < -0.39 is 5.60 Å². The van der Waals surface area contributed by atoms with Gasteiger partial charge in [0.15, 0.2) is 0 Å². The number of carbonyl (C=O) groups excluding carboxylic acids is 2. The normalized spacial score (nSPS) is 15.1. The summed E-state index contributed by atoms with van der Waals surface area (Å²) in [5, 5.41) is 2.99. The van der Waals surface area contributed by atoms with Crippen molar-refractivity contribution >= 4 is 29.2 Å².